The van der Waals surface area contributed by atoms with Crippen LogP contribution in [0.5, 0.6) is 0 Å². The summed E-state index contributed by atoms with van der Waals surface area (Å²) in [6.07, 6.45) is 2.82. The Morgan fingerprint density at radius 2 is 1.56 bits per heavy atom. The van der Waals surface area contributed by atoms with E-state index in [2.05, 4.69) is 23.0 Å². The summed E-state index contributed by atoms with van der Waals surface area (Å²) >= 11 is 0. The van der Waals surface area contributed by atoms with Gasteiger partial charge >= 0.3 is 0 Å². The molecule has 0 aromatic heterocycles. The van der Waals surface area contributed by atoms with Crippen LogP contribution in [0.15, 0.2) is 103 Å². The van der Waals surface area contributed by atoms with Crippen LogP contribution in [0.1, 0.15) is 38.8 Å². The second kappa shape index (κ2) is 9.24. The zero-order valence-corrected chi connectivity index (χ0v) is 18.9. The van der Waals surface area contributed by atoms with Gasteiger partial charge in [-0.2, -0.15) is 0 Å². The monoisotopic (exact) mass is 447 g/mol. The van der Waals surface area contributed by atoms with Crippen molar-refractivity contribution in [3.8, 4) is 0 Å². The summed E-state index contributed by atoms with van der Waals surface area (Å²) in [6, 6.07) is 29.3. The normalized spacial score (nSPS) is 12.8. The predicted molar refractivity (Wildman–Crippen MR) is 135 cm³/mol. The molecule has 0 fully saturated rings. The van der Waals surface area contributed by atoms with E-state index in [0.29, 0.717) is 12.1 Å². The van der Waals surface area contributed by atoms with Crippen LogP contribution in [-0.2, 0) is 13.0 Å². The molecule has 0 spiro atoms. The Morgan fingerprint density at radius 1 is 0.824 bits per heavy atom. The lowest BCUT2D eigenvalue weighted by atomic mass is 10.1. The minimum absolute atomic E-state index is 0.00980. The van der Waals surface area contributed by atoms with Crippen molar-refractivity contribution in [2.75, 3.05) is 4.90 Å². The van der Waals surface area contributed by atoms with Crippen LogP contribution in [0, 0.1) is 0 Å². The number of benzene rings is 4. The van der Waals surface area contributed by atoms with Gasteiger partial charge in [-0.3, -0.25) is 15.0 Å². The van der Waals surface area contributed by atoms with E-state index >= 15 is 0 Å². The van der Waals surface area contributed by atoms with Gasteiger partial charge in [0.2, 0.25) is 0 Å². The summed E-state index contributed by atoms with van der Waals surface area (Å²) in [7, 11) is 0. The molecule has 1 aliphatic rings. The van der Waals surface area contributed by atoms with Crippen molar-refractivity contribution in [1.29, 1.82) is 0 Å². The smallest absolute Gasteiger partial charge is 0.269 e. The average Bonchev–Trinajstić information content (AvgIpc) is 3.15. The maximum atomic E-state index is 13.0. The molecule has 4 aromatic carbocycles. The summed E-state index contributed by atoms with van der Waals surface area (Å²) < 4.78 is 0. The van der Waals surface area contributed by atoms with Crippen LogP contribution in [0.2, 0.25) is 0 Å². The fraction of sp³-hybridized carbons (Fsp3) is 0.103. The zero-order chi connectivity index (χ0) is 23.5. The first kappa shape index (κ1) is 21.5. The van der Waals surface area contributed by atoms with Gasteiger partial charge in [0.25, 0.3) is 11.8 Å². The van der Waals surface area contributed by atoms with E-state index in [1.165, 1.54) is 5.56 Å². The average molecular weight is 448 g/mol. The lowest BCUT2D eigenvalue weighted by Gasteiger charge is -2.18. The minimum atomic E-state index is -0.214. The highest BCUT2D eigenvalue weighted by Gasteiger charge is 2.29. The molecule has 1 aliphatic heterocycles. The molecule has 5 heteroatoms. The molecule has 168 valence electrons. The Kier molecular flexibility index (Phi) is 5.83. The summed E-state index contributed by atoms with van der Waals surface area (Å²) in [5, 5.41) is 2.08. The molecule has 0 saturated carbocycles. The maximum absolute atomic E-state index is 13.0. The van der Waals surface area contributed by atoms with Gasteiger partial charge in [0.15, 0.2) is 0 Å². The lowest BCUT2D eigenvalue weighted by molar-refractivity contribution is 0.0937. The molecule has 0 bridgehead atoms. The van der Waals surface area contributed by atoms with Crippen molar-refractivity contribution in [1.82, 2.24) is 10.9 Å². The standard InChI is InChI=1S/C29H25N3O2/c1-20(13-14-21-7-3-2-4-8-21)30-31-28(33)24-17-15-22(16-18-24)19-32-26-12-6-10-23-9-5-11-25(27(23)26)29(32)34/h2-13,15-18,30H,14,19H2,1H3,(H,31,33)/b20-13-. The fourth-order valence-electron chi connectivity index (χ4n) is 4.24. The van der Waals surface area contributed by atoms with Crippen molar-refractivity contribution in [2.24, 2.45) is 0 Å². The number of amides is 2. The number of nitrogens with one attached hydrogen (secondary N) is 2. The van der Waals surface area contributed by atoms with E-state index < -0.39 is 0 Å². The van der Waals surface area contributed by atoms with Crippen LogP contribution in [0.4, 0.5) is 5.69 Å². The topological polar surface area (TPSA) is 61.4 Å². The van der Waals surface area contributed by atoms with Gasteiger partial charge < -0.3 is 10.3 Å². The Bertz CT molecular complexity index is 1390. The molecular formula is C29H25N3O2. The van der Waals surface area contributed by atoms with Gasteiger partial charge in [-0.25, -0.2) is 0 Å². The molecule has 2 N–H and O–H groups in total. The highest BCUT2D eigenvalue weighted by Crippen LogP contribution is 2.37. The quantitative estimate of drug-likeness (QED) is 0.374. The Labute approximate surface area is 198 Å². The molecule has 0 atom stereocenters. The number of hydrogen-bond donors (Lipinski definition) is 2. The van der Waals surface area contributed by atoms with Crippen LogP contribution in [0.25, 0.3) is 10.8 Å². The first-order chi connectivity index (χ1) is 16.6. The SMILES string of the molecule is C/C(=C/Cc1ccccc1)NNC(=O)c1ccc(CN2C(=O)c3cccc4cccc2c34)cc1. The lowest BCUT2D eigenvalue weighted by Crippen LogP contribution is -2.36. The van der Waals surface area contributed by atoms with Gasteiger partial charge in [-0.15, -0.1) is 0 Å². The fourth-order valence-corrected chi connectivity index (χ4v) is 4.24. The number of allylic oxidation sites excluding steroid dienone is 2. The van der Waals surface area contributed by atoms with Gasteiger partial charge in [0.1, 0.15) is 0 Å². The number of rotatable bonds is 7. The molecule has 5 nitrogen and oxygen atoms in total. The van der Waals surface area contributed by atoms with Crippen molar-refractivity contribution in [3.63, 3.8) is 0 Å². The molecule has 1 heterocycles. The van der Waals surface area contributed by atoms with Gasteiger partial charge in [0.05, 0.1) is 12.2 Å². The Hall–Kier alpha value is -4.38. The van der Waals surface area contributed by atoms with Crippen LogP contribution in [0.3, 0.4) is 0 Å². The maximum Gasteiger partial charge on any atom is 0.269 e. The predicted octanol–water partition coefficient (Wildman–Crippen LogP) is 5.38. The summed E-state index contributed by atoms with van der Waals surface area (Å²) in [5.41, 5.74) is 11.0. The van der Waals surface area contributed by atoms with Gasteiger partial charge in [-0.05, 0) is 54.1 Å². The molecular weight excluding hydrogens is 422 g/mol. The first-order valence-corrected chi connectivity index (χ1v) is 11.3. The van der Waals surface area contributed by atoms with E-state index in [4.69, 9.17) is 0 Å². The number of carbonyl (C=O) groups excluding carboxylic acids is 2. The Balaban J connectivity index is 1.21. The van der Waals surface area contributed by atoms with E-state index in [1.54, 1.807) is 17.0 Å². The second-order valence-corrected chi connectivity index (χ2v) is 8.43. The molecule has 0 unspecified atom stereocenters. The van der Waals surface area contributed by atoms with Crippen molar-refractivity contribution < 1.29 is 9.59 Å². The number of nitrogens with zero attached hydrogens (tertiary/aromatic N) is 1. The molecule has 0 saturated heterocycles. The van der Waals surface area contributed by atoms with Crippen LogP contribution < -0.4 is 15.8 Å². The van der Waals surface area contributed by atoms with Gasteiger partial charge in [-0.1, -0.05) is 72.8 Å². The number of carbonyl (C=O) groups is 2. The third kappa shape index (κ3) is 4.28. The third-order valence-corrected chi connectivity index (χ3v) is 6.07. The van der Waals surface area contributed by atoms with Crippen LogP contribution >= 0.6 is 0 Å². The number of hydrogen-bond acceptors (Lipinski definition) is 3. The second-order valence-electron chi connectivity index (χ2n) is 8.43. The molecule has 5 rings (SSSR count). The summed E-state index contributed by atoms with van der Waals surface area (Å²) in [5.74, 6) is -0.205. The van der Waals surface area contributed by atoms with E-state index in [0.717, 1.165) is 39.7 Å². The van der Waals surface area contributed by atoms with Gasteiger partial charge in [0, 0.05) is 22.2 Å². The van der Waals surface area contributed by atoms with Crippen molar-refractivity contribution >= 4 is 28.3 Å². The number of anilines is 1. The van der Waals surface area contributed by atoms with Crippen molar-refractivity contribution in [2.45, 2.75) is 19.9 Å². The Morgan fingerprint density at radius 3 is 2.32 bits per heavy atom. The highest BCUT2D eigenvalue weighted by atomic mass is 16.2. The molecule has 4 aromatic rings. The highest BCUT2D eigenvalue weighted by molar-refractivity contribution is 6.24. The molecule has 0 aliphatic carbocycles. The van der Waals surface area contributed by atoms with E-state index in [9.17, 15) is 9.59 Å². The minimum Gasteiger partial charge on any atom is -0.303 e. The van der Waals surface area contributed by atoms with Crippen LogP contribution in [-0.4, -0.2) is 11.8 Å². The first-order valence-electron chi connectivity index (χ1n) is 11.3. The molecule has 0 radical (unpaired) electrons. The number of hydrazine groups is 1. The van der Waals surface area contributed by atoms with E-state index in [1.807, 2.05) is 79.7 Å². The summed E-state index contributed by atoms with van der Waals surface area (Å²) in [4.78, 5) is 27.3. The van der Waals surface area contributed by atoms with E-state index in [-0.39, 0.29) is 11.8 Å². The molecule has 2 amide bonds. The summed E-state index contributed by atoms with van der Waals surface area (Å²) in [6.45, 7) is 2.37. The molecule has 34 heavy (non-hydrogen) atoms. The zero-order valence-electron chi connectivity index (χ0n) is 18.9. The third-order valence-electron chi connectivity index (χ3n) is 6.07. The van der Waals surface area contributed by atoms with Crippen molar-refractivity contribution in [3.05, 3.63) is 125 Å². The largest absolute Gasteiger partial charge is 0.303 e.